The molecule has 0 heterocycles. The Kier molecular flexibility index (Phi) is 5.26. The van der Waals surface area contributed by atoms with Gasteiger partial charge < -0.3 is 15.1 Å². The molecule has 1 aromatic rings. The first-order valence-corrected chi connectivity index (χ1v) is 6.12. The van der Waals surface area contributed by atoms with Gasteiger partial charge >= 0.3 is 0 Å². The maximum absolute atomic E-state index is 13.4. The van der Waals surface area contributed by atoms with Gasteiger partial charge in [0.1, 0.15) is 12.4 Å². The van der Waals surface area contributed by atoms with Crippen LogP contribution < -0.4 is 0 Å². The van der Waals surface area contributed by atoms with E-state index in [1.165, 1.54) is 24.1 Å². The van der Waals surface area contributed by atoms with Gasteiger partial charge in [-0.15, -0.1) is 0 Å². The maximum atomic E-state index is 13.4. The number of benzene rings is 1. The van der Waals surface area contributed by atoms with Gasteiger partial charge in [-0.1, -0.05) is 11.8 Å². The molecule has 4 nitrogen and oxygen atoms in total. The summed E-state index contributed by atoms with van der Waals surface area (Å²) in [6, 6.07) is 3.70. The maximum Gasteiger partial charge on any atom is 0.255 e. The summed E-state index contributed by atoms with van der Waals surface area (Å²) in [4.78, 5) is 13.7. The topological polar surface area (TPSA) is 60.8 Å². The number of nitrogens with zero attached hydrogens (tertiary/aromatic N) is 1. The molecule has 0 aliphatic heterocycles. The SMILES string of the molecule is CN(C(=O)c1cc(F)ccc1C#CCO)C(C)(C)CO. The van der Waals surface area contributed by atoms with Crippen LogP contribution in [0.2, 0.25) is 0 Å². The van der Waals surface area contributed by atoms with E-state index in [1.807, 2.05) is 0 Å². The third-order valence-corrected chi connectivity index (χ3v) is 3.11. The second kappa shape index (κ2) is 6.51. The lowest BCUT2D eigenvalue weighted by Gasteiger charge is -2.34. The zero-order valence-electron chi connectivity index (χ0n) is 11.8. The Hall–Kier alpha value is -1.90. The molecule has 1 aromatic carbocycles. The third-order valence-electron chi connectivity index (χ3n) is 3.11. The summed E-state index contributed by atoms with van der Waals surface area (Å²) < 4.78 is 13.4. The van der Waals surface area contributed by atoms with Crippen LogP contribution >= 0.6 is 0 Å². The molecule has 0 aliphatic rings. The summed E-state index contributed by atoms with van der Waals surface area (Å²) in [6.45, 7) is 2.83. The fourth-order valence-corrected chi connectivity index (χ4v) is 1.50. The Balaban J connectivity index is 3.24. The molecule has 0 unspecified atom stereocenters. The number of hydrogen-bond donors (Lipinski definition) is 2. The van der Waals surface area contributed by atoms with Crippen molar-refractivity contribution in [1.29, 1.82) is 0 Å². The van der Waals surface area contributed by atoms with Crippen LogP contribution in [-0.4, -0.2) is 46.8 Å². The summed E-state index contributed by atoms with van der Waals surface area (Å²) in [6.07, 6.45) is 0. The summed E-state index contributed by atoms with van der Waals surface area (Å²) in [5, 5.41) is 18.0. The lowest BCUT2D eigenvalue weighted by atomic mass is 10.0. The average Bonchev–Trinajstić information content (AvgIpc) is 2.44. The van der Waals surface area contributed by atoms with E-state index in [0.717, 1.165) is 6.07 Å². The molecule has 1 amide bonds. The van der Waals surface area contributed by atoms with Crippen molar-refractivity contribution in [1.82, 2.24) is 4.90 Å². The van der Waals surface area contributed by atoms with Gasteiger partial charge in [0.05, 0.1) is 17.7 Å². The number of aliphatic hydroxyl groups excluding tert-OH is 2. The minimum Gasteiger partial charge on any atom is -0.394 e. The molecule has 0 saturated carbocycles. The van der Waals surface area contributed by atoms with Crippen molar-refractivity contribution < 1.29 is 19.4 Å². The van der Waals surface area contributed by atoms with Gasteiger partial charge in [-0.3, -0.25) is 4.79 Å². The molecule has 2 N–H and O–H groups in total. The number of hydrogen-bond acceptors (Lipinski definition) is 3. The first-order valence-electron chi connectivity index (χ1n) is 6.12. The molecular weight excluding hydrogens is 261 g/mol. The van der Waals surface area contributed by atoms with E-state index in [0.29, 0.717) is 5.56 Å². The molecule has 0 radical (unpaired) electrons. The van der Waals surface area contributed by atoms with Gasteiger partial charge in [-0.25, -0.2) is 4.39 Å². The smallest absolute Gasteiger partial charge is 0.255 e. The predicted octanol–water partition coefficient (Wildman–Crippen LogP) is 1.01. The van der Waals surface area contributed by atoms with Crippen LogP contribution in [0.15, 0.2) is 18.2 Å². The Bertz CT molecular complexity index is 558. The Labute approximate surface area is 117 Å². The zero-order valence-corrected chi connectivity index (χ0v) is 11.8. The first kappa shape index (κ1) is 16.2. The van der Waals surface area contributed by atoms with Crippen molar-refractivity contribution in [2.45, 2.75) is 19.4 Å². The zero-order chi connectivity index (χ0) is 15.3. The summed E-state index contributed by atoms with van der Waals surface area (Å²) in [5.74, 6) is 4.07. The lowest BCUT2D eigenvalue weighted by Crippen LogP contribution is -2.47. The highest BCUT2D eigenvalue weighted by Gasteiger charge is 2.28. The molecular formula is C15H18FNO3. The molecule has 5 heteroatoms. The molecule has 0 bridgehead atoms. The van der Waals surface area contributed by atoms with Crippen molar-refractivity contribution in [3.05, 3.63) is 35.1 Å². The number of rotatable bonds is 3. The minimum absolute atomic E-state index is 0.106. The van der Waals surface area contributed by atoms with Gasteiger partial charge in [-0.05, 0) is 32.0 Å². The first-order chi connectivity index (χ1) is 9.33. The molecule has 0 aliphatic carbocycles. The van der Waals surface area contributed by atoms with Gasteiger partial charge in [0.2, 0.25) is 0 Å². The fourth-order valence-electron chi connectivity index (χ4n) is 1.50. The van der Waals surface area contributed by atoms with Crippen LogP contribution in [0.4, 0.5) is 4.39 Å². The van der Waals surface area contributed by atoms with Crippen LogP contribution in [0, 0.1) is 17.7 Å². The normalized spacial score (nSPS) is 10.7. The highest BCUT2D eigenvalue weighted by Crippen LogP contribution is 2.18. The predicted molar refractivity (Wildman–Crippen MR) is 73.6 cm³/mol. The Morgan fingerprint density at radius 1 is 1.40 bits per heavy atom. The van der Waals surface area contributed by atoms with Crippen molar-refractivity contribution in [2.75, 3.05) is 20.3 Å². The van der Waals surface area contributed by atoms with Crippen LogP contribution in [-0.2, 0) is 0 Å². The van der Waals surface area contributed by atoms with Crippen LogP contribution in [0.5, 0.6) is 0 Å². The largest absolute Gasteiger partial charge is 0.394 e. The highest BCUT2D eigenvalue weighted by atomic mass is 19.1. The summed E-state index contributed by atoms with van der Waals surface area (Å²) in [5.41, 5.74) is -0.327. The Morgan fingerprint density at radius 2 is 2.05 bits per heavy atom. The molecule has 108 valence electrons. The summed E-state index contributed by atoms with van der Waals surface area (Å²) in [7, 11) is 1.53. The second-order valence-electron chi connectivity index (χ2n) is 4.98. The van der Waals surface area contributed by atoms with E-state index in [-0.39, 0.29) is 18.8 Å². The van der Waals surface area contributed by atoms with Crippen molar-refractivity contribution in [3.63, 3.8) is 0 Å². The van der Waals surface area contributed by atoms with E-state index in [4.69, 9.17) is 5.11 Å². The van der Waals surface area contributed by atoms with Crippen molar-refractivity contribution >= 4 is 5.91 Å². The van der Waals surface area contributed by atoms with Gasteiger partial charge in [0.25, 0.3) is 5.91 Å². The van der Waals surface area contributed by atoms with E-state index < -0.39 is 17.3 Å². The van der Waals surface area contributed by atoms with Crippen molar-refractivity contribution in [2.24, 2.45) is 0 Å². The molecule has 1 rings (SSSR count). The molecule has 0 spiro atoms. The lowest BCUT2D eigenvalue weighted by molar-refractivity contribution is 0.0472. The van der Waals surface area contributed by atoms with Crippen LogP contribution in [0.25, 0.3) is 0 Å². The second-order valence-corrected chi connectivity index (χ2v) is 4.98. The van der Waals surface area contributed by atoms with E-state index in [1.54, 1.807) is 13.8 Å². The van der Waals surface area contributed by atoms with Gasteiger partial charge in [0.15, 0.2) is 0 Å². The van der Waals surface area contributed by atoms with Crippen LogP contribution in [0.3, 0.4) is 0 Å². The fraction of sp³-hybridized carbons (Fsp3) is 0.400. The highest BCUT2D eigenvalue weighted by molar-refractivity contribution is 5.97. The molecule has 0 fully saturated rings. The van der Waals surface area contributed by atoms with Gasteiger partial charge in [0, 0.05) is 12.6 Å². The molecule has 0 atom stereocenters. The standard InChI is InChI=1S/C15H18FNO3/c1-15(2,10-19)17(3)14(20)13-9-12(16)7-6-11(13)5-4-8-18/h6-7,9,18-19H,8,10H2,1-3H3. The van der Waals surface area contributed by atoms with Gasteiger partial charge in [-0.2, -0.15) is 0 Å². The van der Waals surface area contributed by atoms with E-state index in [2.05, 4.69) is 11.8 Å². The monoisotopic (exact) mass is 279 g/mol. The quantitative estimate of drug-likeness (QED) is 0.812. The minimum atomic E-state index is -0.773. The number of likely N-dealkylation sites (N-methyl/N-ethyl adjacent to an activating group) is 1. The number of aliphatic hydroxyl groups is 2. The third kappa shape index (κ3) is 3.56. The van der Waals surface area contributed by atoms with Crippen LogP contribution in [0.1, 0.15) is 29.8 Å². The number of amides is 1. The Morgan fingerprint density at radius 3 is 2.60 bits per heavy atom. The summed E-state index contributed by atoms with van der Waals surface area (Å²) >= 11 is 0. The van der Waals surface area contributed by atoms with Crippen molar-refractivity contribution in [3.8, 4) is 11.8 Å². The number of halogens is 1. The number of carbonyl (C=O) groups is 1. The average molecular weight is 279 g/mol. The van der Waals surface area contributed by atoms with E-state index in [9.17, 15) is 14.3 Å². The molecule has 0 saturated heterocycles. The molecule has 0 aromatic heterocycles. The number of carbonyl (C=O) groups excluding carboxylic acids is 1. The van der Waals surface area contributed by atoms with E-state index >= 15 is 0 Å². The molecule has 20 heavy (non-hydrogen) atoms.